The zero-order valence-electron chi connectivity index (χ0n) is 19.1. The highest BCUT2D eigenvalue weighted by Crippen LogP contribution is 2.44. The zero-order chi connectivity index (χ0) is 24.4. The third kappa shape index (κ3) is 4.38. The predicted molar refractivity (Wildman–Crippen MR) is 129 cm³/mol. The number of aryl methyl sites for hydroxylation is 1. The first-order valence-electron chi connectivity index (χ1n) is 10.9. The Morgan fingerprint density at radius 3 is 2.26 bits per heavy atom. The number of amides is 2. The Morgan fingerprint density at radius 2 is 1.71 bits per heavy atom. The molecule has 34 heavy (non-hydrogen) atoms. The topological polar surface area (TPSA) is 109 Å². The van der Waals surface area contributed by atoms with Crippen molar-refractivity contribution in [1.82, 2.24) is 9.88 Å². The second kappa shape index (κ2) is 9.64. The van der Waals surface area contributed by atoms with Crippen molar-refractivity contribution >= 4 is 34.4 Å². The van der Waals surface area contributed by atoms with Crippen LogP contribution in [0.15, 0.2) is 48.5 Å². The summed E-state index contributed by atoms with van der Waals surface area (Å²) in [6.45, 7) is 5.21. The summed E-state index contributed by atoms with van der Waals surface area (Å²) < 4.78 is 5.54. The summed E-state index contributed by atoms with van der Waals surface area (Å²) in [4.78, 5) is 42.5. The Hall–Kier alpha value is -3.72. The van der Waals surface area contributed by atoms with Gasteiger partial charge in [0.1, 0.15) is 17.5 Å². The Balaban J connectivity index is 1.44. The monoisotopic (exact) mass is 479 g/mol. The molecule has 2 amide bonds. The molecule has 1 atom stereocenters. The lowest BCUT2D eigenvalue weighted by atomic mass is 9.98. The number of nitrogens with zero attached hydrogens (tertiary/aromatic N) is 2. The third-order valence-corrected chi connectivity index (χ3v) is 7.03. The number of anilines is 1. The summed E-state index contributed by atoms with van der Waals surface area (Å²) in [6.07, 6.45) is -0.666. The molecule has 1 aliphatic carbocycles. The quantitative estimate of drug-likeness (QED) is 0.506. The van der Waals surface area contributed by atoms with E-state index in [1.807, 2.05) is 36.4 Å². The summed E-state index contributed by atoms with van der Waals surface area (Å²) in [6, 6.07) is 15.2. The molecule has 0 fully saturated rings. The van der Waals surface area contributed by atoms with Crippen molar-refractivity contribution < 1.29 is 24.2 Å². The summed E-state index contributed by atoms with van der Waals surface area (Å²) in [7, 11) is 0. The fourth-order valence-electron chi connectivity index (χ4n) is 4.23. The van der Waals surface area contributed by atoms with Crippen molar-refractivity contribution in [3.8, 4) is 11.1 Å². The second-order valence-corrected chi connectivity index (χ2v) is 8.99. The lowest BCUT2D eigenvalue weighted by Crippen LogP contribution is -2.43. The highest BCUT2D eigenvalue weighted by Gasteiger charge is 2.30. The van der Waals surface area contributed by atoms with Gasteiger partial charge in [0.25, 0.3) is 5.91 Å². The number of benzene rings is 2. The highest BCUT2D eigenvalue weighted by molar-refractivity contribution is 7.17. The minimum Gasteiger partial charge on any atom is -0.480 e. The molecule has 0 spiro atoms. The van der Waals surface area contributed by atoms with E-state index in [-0.39, 0.29) is 29.1 Å². The smallest absolute Gasteiger partial charge is 0.413 e. The van der Waals surface area contributed by atoms with E-state index < -0.39 is 24.0 Å². The van der Waals surface area contributed by atoms with Crippen molar-refractivity contribution in [1.29, 1.82) is 0 Å². The summed E-state index contributed by atoms with van der Waals surface area (Å²) >= 11 is 0.997. The van der Waals surface area contributed by atoms with E-state index in [1.165, 1.54) is 11.8 Å². The SMILES string of the molecule is CCN(C(=O)c1sc(NC(=O)OCC2c3ccccc3-c3ccccc32)nc1C)C(C)C(=O)O. The van der Waals surface area contributed by atoms with Crippen LogP contribution in [0.3, 0.4) is 0 Å². The fraction of sp³-hybridized carbons (Fsp3) is 0.280. The fourth-order valence-corrected chi connectivity index (χ4v) is 5.14. The van der Waals surface area contributed by atoms with Crippen LogP contribution in [0, 0.1) is 6.92 Å². The van der Waals surface area contributed by atoms with Gasteiger partial charge in [-0.15, -0.1) is 0 Å². The van der Waals surface area contributed by atoms with Crippen LogP contribution in [0.1, 0.15) is 46.3 Å². The number of carbonyl (C=O) groups is 3. The molecule has 2 N–H and O–H groups in total. The Morgan fingerprint density at radius 1 is 1.12 bits per heavy atom. The number of carbonyl (C=O) groups excluding carboxylic acids is 2. The van der Waals surface area contributed by atoms with Crippen molar-refractivity contribution in [3.63, 3.8) is 0 Å². The molecule has 8 nitrogen and oxygen atoms in total. The van der Waals surface area contributed by atoms with E-state index in [2.05, 4.69) is 22.4 Å². The molecule has 0 aliphatic heterocycles. The van der Waals surface area contributed by atoms with Crippen LogP contribution < -0.4 is 5.32 Å². The van der Waals surface area contributed by atoms with Crippen molar-refractivity contribution in [2.24, 2.45) is 0 Å². The molecule has 9 heteroatoms. The van der Waals surface area contributed by atoms with Gasteiger partial charge in [0.05, 0.1) is 5.69 Å². The Bertz CT molecular complexity index is 1210. The highest BCUT2D eigenvalue weighted by atomic mass is 32.1. The van der Waals surface area contributed by atoms with Crippen LogP contribution in [-0.4, -0.2) is 52.2 Å². The van der Waals surface area contributed by atoms with Crippen LogP contribution in [0.2, 0.25) is 0 Å². The summed E-state index contributed by atoms with van der Waals surface area (Å²) in [5.74, 6) is -1.59. The first kappa shape index (κ1) is 23.4. The third-order valence-electron chi connectivity index (χ3n) is 5.97. The molecule has 1 heterocycles. The molecule has 0 saturated heterocycles. The van der Waals surface area contributed by atoms with Gasteiger partial charge >= 0.3 is 12.1 Å². The normalized spacial score (nSPS) is 13.0. The van der Waals surface area contributed by atoms with E-state index in [0.29, 0.717) is 5.69 Å². The lowest BCUT2D eigenvalue weighted by molar-refractivity contribution is -0.141. The second-order valence-electron chi connectivity index (χ2n) is 7.99. The van der Waals surface area contributed by atoms with Crippen molar-refractivity contribution in [2.75, 3.05) is 18.5 Å². The maximum absolute atomic E-state index is 12.9. The van der Waals surface area contributed by atoms with Crippen molar-refractivity contribution in [2.45, 2.75) is 32.7 Å². The molecule has 4 rings (SSSR count). The van der Waals surface area contributed by atoms with Gasteiger partial charge in [-0.05, 0) is 43.0 Å². The number of thiazole rings is 1. The van der Waals surface area contributed by atoms with Crippen molar-refractivity contribution in [3.05, 3.63) is 70.2 Å². The molecule has 0 saturated carbocycles. The number of rotatable bonds is 7. The van der Waals surface area contributed by atoms with E-state index in [0.717, 1.165) is 33.6 Å². The van der Waals surface area contributed by atoms with Crippen LogP contribution in [-0.2, 0) is 9.53 Å². The first-order valence-corrected chi connectivity index (χ1v) is 11.8. The predicted octanol–water partition coefficient (Wildman–Crippen LogP) is 4.75. The molecule has 0 bridgehead atoms. The first-order chi connectivity index (χ1) is 16.3. The average Bonchev–Trinajstić information content (AvgIpc) is 3.35. The van der Waals surface area contributed by atoms with Gasteiger partial charge in [0.2, 0.25) is 0 Å². The van der Waals surface area contributed by atoms with E-state index >= 15 is 0 Å². The Kier molecular flexibility index (Phi) is 6.65. The standard InChI is InChI=1S/C25H25N3O5S/c1-4-28(15(3)23(30)31)22(29)21-14(2)26-24(34-21)27-25(32)33-13-20-18-11-7-5-9-16(18)17-10-6-8-12-19(17)20/h5-12,15,20H,4,13H2,1-3H3,(H,30,31)(H,26,27,32). The molecule has 1 aromatic heterocycles. The number of aliphatic carboxylic acids is 1. The number of carboxylic acid groups (broad SMARTS) is 1. The minimum atomic E-state index is -1.09. The van der Waals surface area contributed by atoms with Crippen LogP contribution in [0.25, 0.3) is 11.1 Å². The molecular weight excluding hydrogens is 454 g/mol. The number of aromatic nitrogens is 1. The maximum atomic E-state index is 12.9. The van der Waals surface area contributed by atoms with Gasteiger partial charge in [0.15, 0.2) is 5.13 Å². The number of hydrogen-bond donors (Lipinski definition) is 2. The molecule has 0 radical (unpaired) electrons. The molecule has 176 valence electrons. The average molecular weight is 480 g/mol. The summed E-state index contributed by atoms with van der Waals surface area (Å²) in [5.41, 5.74) is 4.92. The van der Waals surface area contributed by atoms with Gasteiger partial charge in [-0.25, -0.2) is 14.6 Å². The molecule has 3 aromatic rings. The maximum Gasteiger partial charge on any atom is 0.413 e. The summed E-state index contributed by atoms with van der Waals surface area (Å²) in [5, 5.41) is 12.1. The van der Waals surface area contributed by atoms with Crippen LogP contribution >= 0.6 is 11.3 Å². The lowest BCUT2D eigenvalue weighted by Gasteiger charge is -2.24. The van der Waals surface area contributed by atoms with Gasteiger partial charge in [0, 0.05) is 12.5 Å². The number of carboxylic acids is 1. The minimum absolute atomic E-state index is 0.0658. The molecule has 2 aromatic carbocycles. The molecule has 1 aliphatic rings. The van der Waals surface area contributed by atoms with E-state index in [9.17, 15) is 19.5 Å². The van der Waals surface area contributed by atoms with Crippen LogP contribution in [0.5, 0.6) is 0 Å². The molecule has 1 unspecified atom stereocenters. The van der Waals surface area contributed by atoms with Gasteiger partial charge in [-0.2, -0.15) is 0 Å². The number of hydrogen-bond acceptors (Lipinski definition) is 6. The van der Waals surface area contributed by atoms with Gasteiger partial charge in [-0.1, -0.05) is 59.9 Å². The van der Waals surface area contributed by atoms with E-state index in [1.54, 1.807) is 13.8 Å². The van der Waals surface area contributed by atoms with E-state index in [4.69, 9.17) is 4.74 Å². The number of likely N-dealkylation sites (N-methyl/N-ethyl adjacent to an activating group) is 1. The zero-order valence-corrected chi connectivity index (χ0v) is 19.9. The Labute approximate surface area is 201 Å². The van der Waals surface area contributed by atoms with Crippen LogP contribution in [0.4, 0.5) is 9.93 Å². The molecular formula is C25H25N3O5S. The number of nitrogens with one attached hydrogen (secondary N) is 1. The largest absolute Gasteiger partial charge is 0.480 e. The number of fused-ring (bicyclic) bond motifs is 3. The van der Waals surface area contributed by atoms with Gasteiger partial charge < -0.3 is 14.7 Å². The number of ether oxygens (including phenoxy) is 1. The van der Waals surface area contributed by atoms with Gasteiger partial charge in [-0.3, -0.25) is 10.1 Å².